The molecule has 0 spiro atoms. The predicted octanol–water partition coefficient (Wildman–Crippen LogP) is 5.12. The van der Waals surface area contributed by atoms with Gasteiger partial charge in [-0.05, 0) is 62.6 Å². The maximum absolute atomic E-state index is 10.8. The van der Waals surface area contributed by atoms with Crippen molar-refractivity contribution in [2.24, 2.45) is 0 Å². The van der Waals surface area contributed by atoms with E-state index in [1.165, 1.54) is 42.6 Å². The summed E-state index contributed by atoms with van der Waals surface area (Å²) in [6, 6.07) is 13.2. The number of fused-ring (bicyclic) bond motifs is 1. The fourth-order valence-electron chi connectivity index (χ4n) is 4.32. The Kier molecular flexibility index (Phi) is 7.03. The third kappa shape index (κ3) is 4.97. The lowest BCUT2D eigenvalue weighted by atomic mass is 9.88. The molecule has 0 saturated carbocycles. The molecule has 1 aliphatic rings. The van der Waals surface area contributed by atoms with Crippen LogP contribution in [0.15, 0.2) is 36.4 Å². The summed E-state index contributed by atoms with van der Waals surface area (Å²) in [6.45, 7) is 3.24. The molecule has 0 bridgehead atoms. The van der Waals surface area contributed by atoms with Gasteiger partial charge in [0.1, 0.15) is 6.54 Å². The number of hydrogen-bond acceptors (Lipinski definition) is 1. The Morgan fingerprint density at radius 2 is 1.85 bits per heavy atom. The largest absolute Gasteiger partial charge is 0.481 e. The van der Waals surface area contributed by atoms with Gasteiger partial charge >= 0.3 is 5.97 Å². The molecule has 0 atom stereocenters. The van der Waals surface area contributed by atoms with E-state index in [0.717, 1.165) is 38.6 Å². The van der Waals surface area contributed by atoms with Gasteiger partial charge in [-0.1, -0.05) is 25.1 Å². The summed E-state index contributed by atoms with van der Waals surface area (Å²) in [6.07, 6.45) is 10.3. The van der Waals surface area contributed by atoms with Gasteiger partial charge in [-0.25, -0.2) is 0 Å². The Balaban J connectivity index is 1.94. The first-order valence-corrected chi connectivity index (χ1v) is 10.6. The smallest absolute Gasteiger partial charge is 0.303 e. The minimum absolute atomic E-state index is 0.280. The highest BCUT2D eigenvalue weighted by molar-refractivity contribution is 5.66. The van der Waals surface area contributed by atoms with Crippen LogP contribution in [0.25, 0.3) is 11.3 Å². The number of unbranched alkanes of at least 4 members (excludes halogenated alkanes) is 2. The van der Waals surface area contributed by atoms with Crippen molar-refractivity contribution in [1.82, 2.24) is 0 Å². The van der Waals surface area contributed by atoms with Gasteiger partial charge in [0, 0.05) is 36.5 Å². The number of rotatable bonds is 9. The monoisotopic (exact) mass is 366 g/mol. The van der Waals surface area contributed by atoms with E-state index in [9.17, 15) is 4.79 Å². The topological polar surface area (TPSA) is 41.2 Å². The van der Waals surface area contributed by atoms with Crippen molar-refractivity contribution in [3.8, 4) is 11.3 Å². The van der Waals surface area contributed by atoms with Gasteiger partial charge < -0.3 is 5.11 Å². The summed E-state index contributed by atoms with van der Waals surface area (Å²) in [7, 11) is 0. The Hall–Kier alpha value is -2.16. The van der Waals surface area contributed by atoms with Crippen LogP contribution in [-0.4, -0.2) is 11.1 Å². The van der Waals surface area contributed by atoms with Gasteiger partial charge in [-0.3, -0.25) is 4.79 Å². The van der Waals surface area contributed by atoms with Crippen molar-refractivity contribution in [2.75, 3.05) is 0 Å². The summed E-state index contributed by atoms with van der Waals surface area (Å²) in [5, 5.41) is 8.86. The van der Waals surface area contributed by atoms with Crippen molar-refractivity contribution in [3.05, 3.63) is 53.2 Å². The van der Waals surface area contributed by atoms with Crippen LogP contribution in [0, 0.1) is 0 Å². The first-order valence-electron chi connectivity index (χ1n) is 10.6. The zero-order valence-electron chi connectivity index (χ0n) is 16.5. The predicted molar refractivity (Wildman–Crippen MR) is 109 cm³/mol. The number of aryl methyl sites for hydroxylation is 1. The molecule has 0 aliphatic heterocycles. The van der Waals surface area contributed by atoms with E-state index >= 15 is 0 Å². The van der Waals surface area contributed by atoms with Gasteiger partial charge in [0.2, 0.25) is 5.69 Å². The minimum Gasteiger partial charge on any atom is -0.481 e. The van der Waals surface area contributed by atoms with Crippen LogP contribution in [-0.2, 0) is 30.6 Å². The zero-order valence-corrected chi connectivity index (χ0v) is 16.5. The molecule has 1 N–H and O–H groups in total. The van der Waals surface area contributed by atoms with Crippen LogP contribution in [0.1, 0.15) is 68.7 Å². The summed E-state index contributed by atoms with van der Waals surface area (Å²) >= 11 is 0. The lowest BCUT2D eigenvalue weighted by molar-refractivity contribution is -0.694. The molecule has 0 saturated heterocycles. The Morgan fingerprint density at radius 1 is 1.07 bits per heavy atom. The first kappa shape index (κ1) is 19.6. The lowest BCUT2D eigenvalue weighted by Crippen LogP contribution is -2.43. The van der Waals surface area contributed by atoms with E-state index in [1.807, 2.05) is 0 Å². The molecule has 27 heavy (non-hydrogen) atoms. The van der Waals surface area contributed by atoms with Gasteiger partial charge in [-0.15, -0.1) is 0 Å². The molecule has 3 rings (SSSR count). The molecule has 144 valence electrons. The third-order valence-corrected chi connectivity index (χ3v) is 5.62. The van der Waals surface area contributed by atoms with E-state index in [-0.39, 0.29) is 6.42 Å². The highest BCUT2D eigenvalue weighted by Gasteiger charge is 2.26. The molecule has 0 amide bonds. The van der Waals surface area contributed by atoms with Crippen LogP contribution in [0.3, 0.4) is 0 Å². The van der Waals surface area contributed by atoms with Gasteiger partial charge in [0.05, 0.1) is 0 Å². The molecule has 0 unspecified atom stereocenters. The van der Waals surface area contributed by atoms with Gasteiger partial charge in [0.15, 0.2) is 5.69 Å². The van der Waals surface area contributed by atoms with E-state index < -0.39 is 5.97 Å². The molecular weight excluding hydrogens is 334 g/mol. The van der Waals surface area contributed by atoms with E-state index in [1.54, 1.807) is 11.1 Å². The van der Waals surface area contributed by atoms with Gasteiger partial charge in [-0.2, -0.15) is 4.57 Å². The van der Waals surface area contributed by atoms with E-state index in [4.69, 9.17) is 5.11 Å². The van der Waals surface area contributed by atoms with Crippen molar-refractivity contribution in [2.45, 2.75) is 77.7 Å². The number of carboxylic acid groups (broad SMARTS) is 1. The highest BCUT2D eigenvalue weighted by Crippen LogP contribution is 2.28. The second-order valence-electron chi connectivity index (χ2n) is 7.66. The average molecular weight is 367 g/mol. The third-order valence-electron chi connectivity index (χ3n) is 5.62. The fourth-order valence-corrected chi connectivity index (χ4v) is 4.32. The number of hydrogen-bond donors (Lipinski definition) is 1. The number of nitrogens with zero attached hydrogens (tertiary/aromatic N) is 1. The SMILES string of the molecule is CCCc1c2c(cc(-c3ccccc3)[n+]1CCCCCC(=O)O)CCCC2. The number of pyridine rings is 1. The maximum atomic E-state index is 10.8. The van der Waals surface area contributed by atoms with Crippen LogP contribution >= 0.6 is 0 Å². The number of benzene rings is 1. The van der Waals surface area contributed by atoms with E-state index in [2.05, 4.69) is 47.9 Å². The van der Waals surface area contributed by atoms with Crippen LogP contribution in [0.5, 0.6) is 0 Å². The molecular formula is C24H32NO2+. The van der Waals surface area contributed by atoms with Gasteiger partial charge in [0.25, 0.3) is 0 Å². The first-order chi connectivity index (χ1) is 13.2. The quantitative estimate of drug-likeness (QED) is 0.494. The molecule has 1 aromatic heterocycles. The van der Waals surface area contributed by atoms with Crippen LogP contribution in [0.2, 0.25) is 0 Å². The molecule has 3 heteroatoms. The highest BCUT2D eigenvalue weighted by atomic mass is 16.4. The summed E-state index contributed by atoms with van der Waals surface area (Å²) in [4.78, 5) is 10.8. The fraction of sp³-hybridized carbons (Fsp3) is 0.500. The second-order valence-corrected chi connectivity index (χ2v) is 7.66. The summed E-state index contributed by atoms with van der Waals surface area (Å²) in [5.74, 6) is -0.687. The number of carbonyl (C=O) groups is 1. The Morgan fingerprint density at radius 3 is 2.59 bits per heavy atom. The molecule has 3 nitrogen and oxygen atoms in total. The van der Waals surface area contributed by atoms with Crippen LogP contribution in [0.4, 0.5) is 0 Å². The standard InChI is InChI=1S/C24H31NO2/c1-2-11-22-21-15-9-8-14-20(21)18-23(19-12-5-3-6-13-19)25(22)17-10-4-7-16-24(26)27/h3,5-6,12-13,18H,2,4,7-11,14-17H2,1H3/p+1. The summed E-state index contributed by atoms with van der Waals surface area (Å²) < 4.78 is 2.55. The normalized spacial score (nSPS) is 13.4. The Bertz CT molecular complexity index is 768. The van der Waals surface area contributed by atoms with E-state index in [0.29, 0.717) is 0 Å². The average Bonchev–Trinajstić information content (AvgIpc) is 2.69. The lowest BCUT2D eigenvalue weighted by Gasteiger charge is -2.20. The number of aromatic nitrogens is 1. The minimum atomic E-state index is -0.687. The molecule has 2 aromatic rings. The molecule has 1 aromatic carbocycles. The van der Waals surface area contributed by atoms with Crippen molar-refractivity contribution < 1.29 is 14.5 Å². The molecule has 1 aliphatic carbocycles. The van der Waals surface area contributed by atoms with Crippen LogP contribution < -0.4 is 4.57 Å². The maximum Gasteiger partial charge on any atom is 0.303 e. The van der Waals surface area contributed by atoms with Crippen molar-refractivity contribution in [3.63, 3.8) is 0 Å². The molecule has 0 fully saturated rings. The molecule has 0 radical (unpaired) electrons. The molecule has 1 heterocycles. The summed E-state index contributed by atoms with van der Waals surface area (Å²) in [5.41, 5.74) is 7.28. The second kappa shape index (κ2) is 9.68. The number of aliphatic carboxylic acids is 1. The number of carboxylic acids is 1. The van der Waals surface area contributed by atoms with Crippen molar-refractivity contribution >= 4 is 5.97 Å². The zero-order chi connectivity index (χ0) is 19.1. The van der Waals surface area contributed by atoms with Crippen molar-refractivity contribution in [1.29, 1.82) is 0 Å². The Labute approximate surface area is 163 Å².